The number of hydrogen-bond donors (Lipinski definition) is 3. The van der Waals surface area contributed by atoms with E-state index in [2.05, 4.69) is 5.32 Å². The third-order valence-electron chi connectivity index (χ3n) is 4.10. The minimum Gasteiger partial charge on any atom is -0.508 e. The fourth-order valence-corrected chi connectivity index (χ4v) is 3.47. The number of carbonyl (C=O) groups excluding carboxylic acids is 1. The van der Waals surface area contributed by atoms with Crippen LogP contribution in [0.5, 0.6) is 5.75 Å². The van der Waals surface area contributed by atoms with Gasteiger partial charge in [0, 0.05) is 34.3 Å². The summed E-state index contributed by atoms with van der Waals surface area (Å²) >= 11 is 0. The molecule has 0 saturated heterocycles. The van der Waals surface area contributed by atoms with Crippen molar-refractivity contribution in [1.29, 1.82) is 0 Å². The smallest absolute Gasteiger partial charge is 0.295 e. The number of amides is 1. The molecule has 1 amide bonds. The van der Waals surface area contributed by atoms with Crippen molar-refractivity contribution >= 4 is 38.2 Å². The molecule has 0 bridgehead atoms. The SMILES string of the molecule is Cc1ccc(C(=O)Nc2ccc3cc(O)cc(S(=O)(=O)O)c3c2)cc1[N+](=O)[O-]. The quantitative estimate of drug-likeness (QED) is 0.345. The molecule has 9 nitrogen and oxygen atoms in total. The van der Waals surface area contributed by atoms with Crippen LogP contribution in [0.25, 0.3) is 10.8 Å². The van der Waals surface area contributed by atoms with Crippen LogP contribution in [-0.2, 0) is 10.1 Å². The summed E-state index contributed by atoms with van der Waals surface area (Å²) in [6.45, 7) is 1.55. The van der Waals surface area contributed by atoms with Gasteiger partial charge in [0.15, 0.2) is 0 Å². The molecule has 144 valence electrons. The molecular weight excluding hydrogens is 388 g/mol. The fraction of sp³-hybridized carbons (Fsp3) is 0.0556. The van der Waals surface area contributed by atoms with Gasteiger partial charge in [-0.15, -0.1) is 0 Å². The molecule has 0 aliphatic heterocycles. The third kappa shape index (κ3) is 3.77. The summed E-state index contributed by atoms with van der Waals surface area (Å²) in [5.74, 6) is -0.974. The molecule has 0 atom stereocenters. The van der Waals surface area contributed by atoms with Crippen LogP contribution in [0, 0.1) is 17.0 Å². The second kappa shape index (κ2) is 6.91. The highest BCUT2D eigenvalue weighted by atomic mass is 32.2. The number of phenolic OH excluding ortho intramolecular Hbond substituents is 1. The summed E-state index contributed by atoms with van der Waals surface area (Å²) in [6, 6.07) is 10.5. The van der Waals surface area contributed by atoms with E-state index in [4.69, 9.17) is 0 Å². The maximum Gasteiger partial charge on any atom is 0.295 e. The van der Waals surface area contributed by atoms with Crippen molar-refractivity contribution in [3.8, 4) is 5.75 Å². The van der Waals surface area contributed by atoms with Crippen molar-refractivity contribution in [3.05, 3.63) is 69.8 Å². The first kappa shape index (κ1) is 19.3. The van der Waals surface area contributed by atoms with Crippen LogP contribution in [0.15, 0.2) is 53.4 Å². The van der Waals surface area contributed by atoms with Gasteiger partial charge >= 0.3 is 0 Å². The maximum absolute atomic E-state index is 12.4. The molecular formula is C18H14N2O7S. The molecule has 0 heterocycles. The van der Waals surface area contributed by atoms with Crippen molar-refractivity contribution in [2.45, 2.75) is 11.8 Å². The van der Waals surface area contributed by atoms with E-state index in [9.17, 15) is 33.0 Å². The lowest BCUT2D eigenvalue weighted by Crippen LogP contribution is -2.12. The Morgan fingerprint density at radius 1 is 1.11 bits per heavy atom. The summed E-state index contributed by atoms with van der Waals surface area (Å²) < 4.78 is 32.5. The van der Waals surface area contributed by atoms with Crippen LogP contribution in [0.4, 0.5) is 11.4 Å². The molecule has 0 aliphatic rings. The Kier molecular flexibility index (Phi) is 4.75. The molecule has 28 heavy (non-hydrogen) atoms. The Morgan fingerprint density at radius 3 is 2.46 bits per heavy atom. The zero-order valence-corrected chi connectivity index (χ0v) is 15.2. The van der Waals surface area contributed by atoms with Gasteiger partial charge in [-0.25, -0.2) is 0 Å². The van der Waals surface area contributed by atoms with Crippen LogP contribution >= 0.6 is 0 Å². The number of fused-ring (bicyclic) bond motifs is 1. The lowest BCUT2D eigenvalue weighted by atomic mass is 10.1. The molecule has 0 radical (unpaired) electrons. The first-order valence-electron chi connectivity index (χ1n) is 7.87. The predicted molar refractivity (Wildman–Crippen MR) is 101 cm³/mol. The van der Waals surface area contributed by atoms with Crippen molar-refractivity contribution in [2.24, 2.45) is 0 Å². The molecule has 0 fully saturated rings. The molecule has 0 aliphatic carbocycles. The number of nitrogens with one attached hydrogen (secondary N) is 1. The lowest BCUT2D eigenvalue weighted by molar-refractivity contribution is -0.385. The average molecular weight is 402 g/mol. The maximum atomic E-state index is 12.4. The molecule has 3 aromatic carbocycles. The van der Waals surface area contributed by atoms with Crippen molar-refractivity contribution in [1.82, 2.24) is 0 Å². The standard InChI is InChI=1S/C18H14N2O7S/c1-10-2-3-12(7-16(10)20(23)24)18(22)19-13-5-4-11-6-14(21)9-17(15(11)8-13)28(25,26)27/h2-9,21H,1H3,(H,19,22)(H,25,26,27). The van der Waals surface area contributed by atoms with Crippen LogP contribution < -0.4 is 5.32 Å². The van der Waals surface area contributed by atoms with Gasteiger partial charge in [-0.3, -0.25) is 19.5 Å². The Labute approximate surface area is 159 Å². The Morgan fingerprint density at radius 2 is 1.82 bits per heavy atom. The van der Waals surface area contributed by atoms with E-state index in [1.54, 1.807) is 6.92 Å². The topological polar surface area (TPSA) is 147 Å². The van der Waals surface area contributed by atoms with Gasteiger partial charge in [0.25, 0.3) is 21.7 Å². The van der Waals surface area contributed by atoms with E-state index in [1.807, 2.05) is 0 Å². The molecule has 0 spiro atoms. The summed E-state index contributed by atoms with van der Waals surface area (Å²) in [5.41, 5.74) is 0.467. The summed E-state index contributed by atoms with van der Waals surface area (Å²) in [6.07, 6.45) is 0. The van der Waals surface area contributed by atoms with E-state index >= 15 is 0 Å². The number of nitro benzene ring substituents is 1. The lowest BCUT2D eigenvalue weighted by Gasteiger charge is -2.10. The number of rotatable bonds is 4. The van der Waals surface area contributed by atoms with E-state index in [0.717, 1.165) is 12.1 Å². The molecule has 0 saturated carbocycles. The average Bonchev–Trinajstić information content (AvgIpc) is 2.60. The number of hydrogen-bond acceptors (Lipinski definition) is 6. The predicted octanol–water partition coefficient (Wildman–Crippen LogP) is 3.26. The molecule has 3 rings (SSSR count). The van der Waals surface area contributed by atoms with Crippen LogP contribution in [-0.4, -0.2) is 28.9 Å². The van der Waals surface area contributed by atoms with Crippen LogP contribution in [0.1, 0.15) is 15.9 Å². The Hall–Kier alpha value is -3.50. The van der Waals surface area contributed by atoms with Gasteiger partial charge in [0.2, 0.25) is 0 Å². The van der Waals surface area contributed by atoms with Gasteiger partial charge in [0.05, 0.1) is 4.92 Å². The zero-order valence-electron chi connectivity index (χ0n) is 14.4. The number of anilines is 1. The number of carbonyl (C=O) groups is 1. The number of phenols is 1. The first-order chi connectivity index (χ1) is 13.1. The zero-order chi connectivity index (χ0) is 20.6. The summed E-state index contributed by atoms with van der Waals surface area (Å²) in [4.78, 5) is 22.4. The van der Waals surface area contributed by atoms with Gasteiger partial charge in [-0.05, 0) is 36.6 Å². The number of aromatic hydroxyl groups is 1. The second-order valence-electron chi connectivity index (χ2n) is 6.07. The second-order valence-corrected chi connectivity index (χ2v) is 7.46. The van der Waals surface area contributed by atoms with Gasteiger partial charge in [-0.1, -0.05) is 12.1 Å². The fourth-order valence-electron chi connectivity index (χ4n) is 2.75. The number of nitro groups is 1. The molecule has 0 unspecified atom stereocenters. The third-order valence-corrected chi connectivity index (χ3v) is 5.00. The van der Waals surface area contributed by atoms with E-state index in [-0.39, 0.29) is 28.1 Å². The molecule has 10 heteroatoms. The van der Waals surface area contributed by atoms with Crippen LogP contribution in [0.3, 0.4) is 0 Å². The molecule has 3 aromatic rings. The van der Waals surface area contributed by atoms with Crippen LogP contribution in [0.2, 0.25) is 0 Å². The largest absolute Gasteiger partial charge is 0.508 e. The summed E-state index contributed by atoms with van der Waals surface area (Å²) in [7, 11) is -4.62. The number of benzene rings is 3. The van der Waals surface area contributed by atoms with Crippen molar-refractivity contribution < 1.29 is 27.8 Å². The van der Waals surface area contributed by atoms with E-state index < -0.39 is 25.8 Å². The van der Waals surface area contributed by atoms with Gasteiger partial charge in [0.1, 0.15) is 10.6 Å². The van der Waals surface area contributed by atoms with Crippen molar-refractivity contribution in [2.75, 3.05) is 5.32 Å². The monoisotopic (exact) mass is 402 g/mol. The van der Waals surface area contributed by atoms with Crippen molar-refractivity contribution in [3.63, 3.8) is 0 Å². The number of nitrogens with zero attached hydrogens (tertiary/aromatic N) is 1. The Balaban J connectivity index is 2.01. The highest BCUT2D eigenvalue weighted by molar-refractivity contribution is 7.86. The Bertz CT molecular complexity index is 1240. The van der Waals surface area contributed by atoms with Gasteiger partial charge < -0.3 is 10.4 Å². The molecule has 0 aromatic heterocycles. The summed E-state index contributed by atoms with van der Waals surface area (Å²) in [5, 5.41) is 23.6. The van der Waals surface area contributed by atoms with E-state index in [0.29, 0.717) is 10.9 Å². The van der Waals surface area contributed by atoms with E-state index in [1.165, 1.54) is 36.4 Å². The molecule has 3 N–H and O–H groups in total. The highest BCUT2D eigenvalue weighted by Gasteiger charge is 2.18. The number of aryl methyl sites for hydroxylation is 1. The first-order valence-corrected chi connectivity index (χ1v) is 9.31. The highest BCUT2D eigenvalue weighted by Crippen LogP contribution is 2.30. The minimum absolute atomic E-state index is 0.0538. The minimum atomic E-state index is -4.62. The normalized spacial score (nSPS) is 11.4. The van der Waals surface area contributed by atoms with Gasteiger partial charge in [-0.2, -0.15) is 8.42 Å².